The van der Waals surface area contributed by atoms with Crippen molar-refractivity contribution in [3.8, 4) is 0 Å². The van der Waals surface area contributed by atoms with E-state index in [1.807, 2.05) is 11.8 Å². The quantitative estimate of drug-likeness (QED) is 0.761. The van der Waals surface area contributed by atoms with Crippen molar-refractivity contribution in [1.82, 2.24) is 4.57 Å². The molecule has 0 unspecified atom stereocenters. The van der Waals surface area contributed by atoms with Crippen LogP contribution in [0.1, 0.15) is 31.1 Å². The van der Waals surface area contributed by atoms with E-state index in [-0.39, 0.29) is 0 Å². The van der Waals surface area contributed by atoms with E-state index in [1.165, 1.54) is 22.2 Å². The zero-order chi connectivity index (χ0) is 11.7. The van der Waals surface area contributed by atoms with Crippen LogP contribution < -0.4 is 0 Å². The summed E-state index contributed by atoms with van der Waals surface area (Å²) in [6.45, 7) is 6.70. The Hall–Kier alpha value is -0.890. The third kappa shape index (κ3) is 1.86. The first-order valence-corrected chi connectivity index (χ1v) is 7.13. The number of aromatic nitrogens is 1. The molecule has 0 saturated carbocycles. The van der Waals surface area contributed by atoms with Gasteiger partial charge in [-0.15, -0.1) is 0 Å². The Morgan fingerprint density at radius 2 is 2.06 bits per heavy atom. The lowest BCUT2D eigenvalue weighted by Crippen LogP contribution is -2.04. The molecule has 16 heavy (non-hydrogen) atoms. The molecule has 0 aliphatic heterocycles. The molecule has 2 heteroatoms. The fourth-order valence-electron chi connectivity index (χ4n) is 2.32. The molecule has 0 radical (unpaired) electrons. The van der Waals surface area contributed by atoms with Gasteiger partial charge in [-0.05, 0) is 44.7 Å². The van der Waals surface area contributed by atoms with Crippen molar-refractivity contribution in [2.45, 2.75) is 32.6 Å². The highest BCUT2D eigenvalue weighted by Gasteiger charge is 2.11. The van der Waals surface area contributed by atoms with Gasteiger partial charge in [-0.3, -0.25) is 0 Å². The molecule has 0 amide bonds. The van der Waals surface area contributed by atoms with E-state index in [2.05, 4.69) is 55.9 Å². The van der Waals surface area contributed by atoms with Crippen molar-refractivity contribution in [3.05, 3.63) is 35.5 Å². The van der Waals surface area contributed by atoms with Crippen molar-refractivity contribution < 1.29 is 0 Å². The molecule has 0 saturated heterocycles. The Kier molecular flexibility index (Phi) is 3.29. The van der Waals surface area contributed by atoms with E-state index in [1.54, 1.807) is 0 Å². The number of hydrogen-bond acceptors (Lipinski definition) is 1. The lowest BCUT2D eigenvalue weighted by atomic mass is 10.1. The van der Waals surface area contributed by atoms with Crippen LogP contribution in [0.3, 0.4) is 0 Å². The lowest BCUT2D eigenvalue weighted by molar-refractivity contribution is 0.606. The minimum absolute atomic E-state index is 0.529. The molecule has 1 heterocycles. The Morgan fingerprint density at radius 3 is 2.69 bits per heavy atom. The van der Waals surface area contributed by atoms with Crippen molar-refractivity contribution in [3.63, 3.8) is 0 Å². The van der Waals surface area contributed by atoms with E-state index in [0.717, 1.165) is 5.75 Å². The molecule has 1 nitrogen and oxygen atoms in total. The minimum atomic E-state index is 0.529. The maximum atomic E-state index is 2.46. The Bertz CT molecular complexity index is 497. The monoisotopic (exact) mass is 233 g/mol. The van der Waals surface area contributed by atoms with Crippen LogP contribution in [0.2, 0.25) is 0 Å². The summed E-state index contributed by atoms with van der Waals surface area (Å²) in [6.07, 6.45) is 2.16. The first-order valence-electron chi connectivity index (χ1n) is 5.73. The maximum Gasteiger partial charge on any atom is 0.0487 e. The summed E-state index contributed by atoms with van der Waals surface area (Å²) in [5.41, 5.74) is 4.19. The number of rotatable bonds is 3. The average Bonchev–Trinajstić information content (AvgIpc) is 2.58. The summed E-state index contributed by atoms with van der Waals surface area (Å²) in [6, 6.07) is 9.45. The summed E-state index contributed by atoms with van der Waals surface area (Å²) >= 11 is 1.89. The molecule has 1 aromatic carbocycles. The van der Waals surface area contributed by atoms with E-state index < -0.39 is 0 Å². The number of thioether (sulfide) groups is 1. The van der Waals surface area contributed by atoms with Gasteiger partial charge >= 0.3 is 0 Å². The van der Waals surface area contributed by atoms with Gasteiger partial charge in [0.05, 0.1) is 0 Å². The maximum absolute atomic E-state index is 2.46. The van der Waals surface area contributed by atoms with Gasteiger partial charge < -0.3 is 4.57 Å². The fraction of sp³-hybridized carbons (Fsp3) is 0.429. The van der Waals surface area contributed by atoms with Gasteiger partial charge in [-0.2, -0.15) is 11.8 Å². The molecule has 0 N–H and O–H groups in total. The molecule has 2 rings (SSSR count). The van der Waals surface area contributed by atoms with Crippen LogP contribution in [0.5, 0.6) is 0 Å². The molecular formula is C14H19NS. The molecule has 0 fully saturated rings. The van der Waals surface area contributed by atoms with Crippen LogP contribution in [0.4, 0.5) is 0 Å². The highest BCUT2D eigenvalue weighted by atomic mass is 32.2. The largest absolute Gasteiger partial charge is 0.341 e. The molecule has 0 aliphatic rings. The second-order valence-electron chi connectivity index (χ2n) is 4.54. The van der Waals surface area contributed by atoms with Gasteiger partial charge in [-0.25, -0.2) is 0 Å². The molecule has 1 aromatic heterocycles. The lowest BCUT2D eigenvalue weighted by Gasteiger charge is -2.14. The van der Waals surface area contributed by atoms with E-state index in [0.29, 0.717) is 6.04 Å². The van der Waals surface area contributed by atoms with Gasteiger partial charge in [0.25, 0.3) is 0 Å². The van der Waals surface area contributed by atoms with E-state index in [9.17, 15) is 0 Å². The number of nitrogens with zero attached hydrogens (tertiary/aromatic N) is 1. The number of hydrogen-bond donors (Lipinski definition) is 0. The van der Waals surface area contributed by atoms with Gasteiger partial charge in [0.2, 0.25) is 0 Å². The first kappa shape index (κ1) is 11.6. The number of fused-ring (bicyclic) bond motifs is 1. The van der Waals surface area contributed by atoms with Crippen molar-refractivity contribution in [1.29, 1.82) is 0 Å². The van der Waals surface area contributed by atoms with Crippen molar-refractivity contribution >= 4 is 22.7 Å². The highest BCUT2D eigenvalue weighted by Crippen LogP contribution is 2.28. The van der Waals surface area contributed by atoms with Crippen LogP contribution in [-0.2, 0) is 5.75 Å². The minimum Gasteiger partial charge on any atom is -0.341 e. The SMILES string of the molecule is CSCc1cc2c(C)cccc2n1C(C)C. The van der Waals surface area contributed by atoms with Gasteiger partial charge in [0.15, 0.2) is 0 Å². The molecule has 0 aliphatic carbocycles. The third-order valence-electron chi connectivity index (χ3n) is 2.99. The second-order valence-corrected chi connectivity index (χ2v) is 5.41. The zero-order valence-corrected chi connectivity index (χ0v) is 11.3. The predicted octanol–water partition coefficient (Wildman–Crippen LogP) is 4.39. The Labute approximate surface area is 102 Å². The summed E-state index contributed by atoms with van der Waals surface area (Å²) in [7, 11) is 0. The predicted molar refractivity (Wildman–Crippen MR) is 74.3 cm³/mol. The number of benzene rings is 1. The molecule has 0 atom stereocenters. The summed E-state index contributed by atoms with van der Waals surface area (Å²) < 4.78 is 2.46. The summed E-state index contributed by atoms with van der Waals surface area (Å²) in [5.74, 6) is 1.09. The average molecular weight is 233 g/mol. The zero-order valence-electron chi connectivity index (χ0n) is 10.4. The summed E-state index contributed by atoms with van der Waals surface area (Å²) in [4.78, 5) is 0. The molecule has 0 spiro atoms. The molecule has 2 aromatic rings. The van der Waals surface area contributed by atoms with Crippen LogP contribution in [0, 0.1) is 6.92 Å². The van der Waals surface area contributed by atoms with Gasteiger partial charge in [-0.1, -0.05) is 12.1 Å². The van der Waals surface area contributed by atoms with Crippen LogP contribution in [0.25, 0.3) is 10.9 Å². The molecular weight excluding hydrogens is 214 g/mol. The molecule has 0 bridgehead atoms. The van der Waals surface area contributed by atoms with Crippen molar-refractivity contribution in [2.75, 3.05) is 6.26 Å². The fourth-order valence-corrected chi connectivity index (χ4v) is 2.84. The number of aryl methyl sites for hydroxylation is 1. The first-order chi connectivity index (χ1) is 7.65. The van der Waals surface area contributed by atoms with E-state index >= 15 is 0 Å². The van der Waals surface area contributed by atoms with Crippen molar-refractivity contribution in [2.24, 2.45) is 0 Å². The normalized spacial score (nSPS) is 11.6. The Morgan fingerprint density at radius 1 is 1.31 bits per heavy atom. The van der Waals surface area contributed by atoms with Crippen LogP contribution in [0.15, 0.2) is 24.3 Å². The van der Waals surface area contributed by atoms with Gasteiger partial charge in [0, 0.05) is 28.4 Å². The van der Waals surface area contributed by atoms with Crippen LogP contribution in [-0.4, -0.2) is 10.8 Å². The Balaban J connectivity index is 2.70. The third-order valence-corrected chi connectivity index (χ3v) is 3.57. The van der Waals surface area contributed by atoms with Gasteiger partial charge in [0.1, 0.15) is 0 Å². The standard InChI is InChI=1S/C14H19NS/c1-10(2)15-12(9-16-4)8-13-11(3)6-5-7-14(13)15/h5-8,10H,9H2,1-4H3. The molecule has 86 valence electrons. The summed E-state index contributed by atoms with van der Waals surface area (Å²) in [5, 5.41) is 1.40. The topological polar surface area (TPSA) is 4.93 Å². The highest BCUT2D eigenvalue weighted by molar-refractivity contribution is 7.97. The second kappa shape index (κ2) is 4.54. The van der Waals surface area contributed by atoms with Crippen LogP contribution >= 0.6 is 11.8 Å². The smallest absolute Gasteiger partial charge is 0.0487 e. The van der Waals surface area contributed by atoms with E-state index in [4.69, 9.17) is 0 Å².